The predicted octanol–water partition coefficient (Wildman–Crippen LogP) is 2.45. The largest absolute Gasteiger partial charge is 0.355 e. The maximum absolute atomic E-state index is 12.0. The van der Waals surface area contributed by atoms with Crippen LogP contribution < -0.4 is 5.32 Å². The van der Waals surface area contributed by atoms with Gasteiger partial charge in [-0.3, -0.25) is 9.69 Å². The number of hydrogen-bond acceptors (Lipinski definition) is 5. The fourth-order valence-electron chi connectivity index (χ4n) is 3.50. The molecule has 1 saturated heterocycles. The number of likely N-dealkylation sites (tertiary alicyclic amines) is 1. The summed E-state index contributed by atoms with van der Waals surface area (Å²) in [5.74, 6) is 0.254. The molecule has 0 bridgehead atoms. The van der Waals surface area contributed by atoms with Crippen LogP contribution in [0.25, 0.3) is 5.65 Å². The second kappa shape index (κ2) is 6.57. The number of nitrogens with zero attached hydrogens (tertiary/aromatic N) is 4. The van der Waals surface area contributed by atoms with Crippen LogP contribution in [0.1, 0.15) is 38.8 Å². The summed E-state index contributed by atoms with van der Waals surface area (Å²) < 4.78 is 1.83. The fourth-order valence-corrected chi connectivity index (χ4v) is 4.45. The van der Waals surface area contributed by atoms with Gasteiger partial charge in [0, 0.05) is 37.1 Å². The Morgan fingerprint density at radius 3 is 3.08 bits per heavy atom. The molecule has 3 aromatic rings. The number of carbonyl (C=O) groups excluding carboxylic acids is 1. The van der Waals surface area contributed by atoms with Crippen LogP contribution in [0.3, 0.4) is 0 Å². The van der Waals surface area contributed by atoms with Crippen LogP contribution in [0, 0.1) is 6.92 Å². The van der Waals surface area contributed by atoms with Crippen molar-refractivity contribution in [1.82, 2.24) is 24.8 Å². The molecule has 0 radical (unpaired) electrons. The van der Waals surface area contributed by atoms with Crippen LogP contribution in [-0.2, 0) is 6.54 Å². The molecule has 1 aliphatic heterocycles. The Kier molecular flexibility index (Phi) is 4.27. The smallest absolute Gasteiger partial charge is 0.256 e. The molecule has 25 heavy (non-hydrogen) atoms. The van der Waals surface area contributed by atoms with Gasteiger partial charge in [0.05, 0.1) is 11.9 Å². The molecular formula is C18H21N5OS. The number of amides is 1. The Morgan fingerprint density at radius 1 is 1.44 bits per heavy atom. The Bertz CT molecular complexity index is 915. The van der Waals surface area contributed by atoms with Crippen molar-refractivity contribution < 1.29 is 4.79 Å². The number of aromatic nitrogens is 3. The predicted molar refractivity (Wildman–Crippen MR) is 98.1 cm³/mol. The lowest BCUT2D eigenvalue weighted by molar-refractivity contribution is 0.0964. The highest BCUT2D eigenvalue weighted by Gasteiger charge is 2.27. The molecule has 6 nitrogen and oxygen atoms in total. The van der Waals surface area contributed by atoms with E-state index in [0.717, 1.165) is 31.7 Å². The van der Waals surface area contributed by atoms with E-state index in [2.05, 4.69) is 38.7 Å². The van der Waals surface area contributed by atoms with Crippen molar-refractivity contribution in [2.45, 2.75) is 25.8 Å². The summed E-state index contributed by atoms with van der Waals surface area (Å²) in [6, 6.07) is 4.21. The number of fused-ring (bicyclic) bond motifs is 1. The minimum absolute atomic E-state index is 0.152. The van der Waals surface area contributed by atoms with Crippen molar-refractivity contribution in [2.24, 2.45) is 0 Å². The van der Waals surface area contributed by atoms with Crippen molar-refractivity contribution >= 4 is 22.9 Å². The molecule has 7 heteroatoms. The molecule has 1 N–H and O–H groups in total. The standard InChI is InChI=1S/C18H21N5OS/c1-12-5-8-25-16(12)11-22-7-4-13(10-22)15-3-6-20-17-14(18(24)19-2)9-21-23(15)17/h3,5-6,8-9,13H,4,7,10-11H2,1-2H3,(H,19,24). The molecule has 0 saturated carbocycles. The third kappa shape index (κ3) is 2.94. The molecule has 4 heterocycles. The quantitative estimate of drug-likeness (QED) is 0.781. The van der Waals surface area contributed by atoms with Gasteiger partial charge < -0.3 is 5.32 Å². The van der Waals surface area contributed by atoms with Gasteiger partial charge in [-0.05, 0) is 43.0 Å². The number of carbonyl (C=O) groups is 1. The first-order valence-electron chi connectivity index (χ1n) is 8.47. The third-order valence-electron chi connectivity index (χ3n) is 4.93. The zero-order chi connectivity index (χ0) is 17.4. The van der Waals surface area contributed by atoms with Gasteiger partial charge in [-0.2, -0.15) is 5.10 Å². The average Bonchev–Trinajstić information content (AvgIpc) is 3.35. The van der Waals surface area contributed by atoms with Gasteiger partial charge in [-0.25, -0.2) is 9.50 Å². The first-order valence-corrected chi connectivity index (χ1v) is 9.35. The maximum Gasteiger partial charge on any atom is 0.256 e. The molecule has 0 spiro atoms. The van der Waals surface area contributed by atoms with Crippen LogP contribution in [0.2, 0.25) is 0 Å². The molecule has 1 fully saturated rings. The Balaban J connectivity index is 1.57. The van der Waals surface area contributed by atoms with E-state index in [1.165, 1.54) is 10.4 Å². The molecule has 0 aromatic carbocycles. The minimum Gasteiger partial charge on any atom is -0.355 e. The Morgan fingerprint density at radius 2 is 2.32 bits per heavy atom. The Labute approximate surface area is 150 Å². The summed E-state index contributed by atoms with van der Waals surface area (Å²) in [6.45, 7) is 5.27. The molecule has 4 rings (SSSR count). The second-order valence-electron chi connectivity index (χ2n) is 6.49. The van der Waals surface area contributed by atoms with Gasteiger partial charge in [-0.15, -0.1) is 11.3 Å². The number of nitrogens with one attached hydrogen (secondary N) is 1. The zero-order valence-electron chi connectivity index (χ0n) is 14.4. The summed E-state index contributed by atoms with van der Waals surface area (Å²) in [5.41, 5.74) is 3.66. The van der Waals surface area contributed by atoms with E-state index < -0.39 is 0 Å². The number of hydrogen-bond donors (Lipinski definition) is 1. The van der Waals surface area contributed by atoms with E-state index in [0.29, 0.717) is 17.1 Å². The SMILES string of the molecule is CNC(=O)c1cnn2c(C3CCN(Cc4sccc4C)C3)ccnc12. The van der Waals surface area contributed by atoms with Crippen molar-refractivity contribution in [3.05, 3.63) is 51.6 Å². The van der Waals surface area contributed by atoms with Crippen LogP contribution in [0.15, 0.2) is 29.9 Å². The Hall–Kier alpha value is -2.25. The van der Waals surface area contributed by atoms with Crippen LogP contribution in [0.4, 0.5) is 0 Å². The summed E-state index contributed by atoms with van der Waals surface area (Å²) in [5, 5.41) is 9.23. The van der Waals surface area contributed by atoms with Crippen LogP contribution in [-0.4, -0.2) is 45.5 Å². The molecular weight excluding hydrogens is 334 g/mol. The van der Waals surface area contributed by atoms with E-state index in [1.54, 1.807) is 19.4 Å². The van der Waals surface area contributed by atoms with Gasteiger partial charge in [0.1, 0.15) is 5.56 Å². The highest BCUT2D eigenvalue weighted by Crippen LogP contribution is 2.30. The van der Waals surface area contributed by atoms with Gasteiger partial charge in [0.25, 0.3) is 5.91 Å². The molecule has 3 aromatic heterocycles. The lowest BCUT2D eigenvalue weighted by atomic mass is 10.0. The van der Waals surface area contributed by atoms with Gasteiger partial charge >= 0.3 is 0 Å². The molecule has 1 unspecified atom stereocenters. The third-order valence-corrected chi connectivity index (χ3v) is 5.94. The number of thiophene rings is 1. The topological polar surface area (TPSA) is 62.5 Å². The lowest BCUT2D eigenvalue weighted by Gasteiger charge is -2.16. The van der Waals surface area contributed by atoms with Crippen molar-refractivity contribution in [3.8, 4) is 0 Å². The van der Waals surface area contributed by atoms with E-state index in [4.69, 9.17) is 0 Å². The highest BCUT2D eigenvalue weighted by molar-refractivity contribution is 7.10. The second-order valence-corrected chi connectivity index (χ2v) is 7.49. The highest BCUT2D eigenvalue weighted by atomic mass is 32.1. The monoisotopic (exact) mass is 355 g/mol. The zero-order valence-corrected chi connectivity index (χ0v) is 15.2. The van der Waals surface area contributed by atoms with Crippen LogP contribution in [0.5, 0.6) is 0 Å². The number of rotatable bonds is 4. The van der Waals surface area contributed by atoms with Crippen LogP contribution >= 0.6 is 11.3 Å². The van der Waals surface area contributed by atoms with Gasteiger partial charge in [0.15, 0.2) is 5.65 Å². The normalized spacial score (nSPS) is 18.1. The molecule has 130 valence electrons. The lowest BCUT2D eigenvalue weighted by Crippen LogP contribution is -2.20. The van der Waals surface area contributed by atoms with E-state index >= 15 is 0 Å². The molecule has 1 atom stereocenters. The summed E-state index contributed by atoms with van der Waals surface area (Å²) in [7, 11) is 1.62. The maximum atomic E-state index is 12.0. The van der Waals surface area contributed by atoms with Crippen molar-refractivity contribution in [1.29, 1.82) is 0 Å². The van der Waals surface area contributed by atoms with E-state index in [9.17, 15) is 4.79 Å². The summed E-state index contributed by atoms with van der Waals surface area (Å²) >= 11 is 1.83. The molecule has 0 aliphatic carbocycles. The van der Waals surface area contributed by atoms with Gasteiger partial charge in [0.2, 0.25) is 0 Å². The number of aryl methyl sites for hydroxylation is 1. The van der Waals surface area contributed by atoms with E-state index in [1.807, 2.05) is 21.9 Å². The molecule has 1 amide bonds. The first kappa shape index (κ1) is 16.2. The average molecular weight is 355 g/mol. The fraction of sp³-hybridized carbons (Fsp3) is 0.389. The summed E-state index contributed by atoms with van der Waals surface area (Å²) in [6.07, 6.45) is 4.48. The van der Waals surface area contributed by atoms with Crippen molar-refractivity contribution in [3.63, 3.8) is 0 Å². The van der Waals surface area contributed by atoms with Crippen molar-refractivity contribution in [2.75, 3.05) is 20.1 Å². The minimum atomic E-state index is -0.152. The van der Waals surface area contributed by atoms with E-state index in [-0.39, 0.29) is 5.91 Å². The first-order chi connectivity index (χ1) is 12.2. The van der Waals surface area contributed by atoms with Gasteiger partial charge in [-0.1, -0.05) is 0 Å². The summed E-state index contributed by atoms with van der Waals surface area (Å²) in [4.78, 5) is 20.3. The molecule has 1 aliphatic rings.